The van der Waals surface area contributed by atoms with E-state index in [0.717, 1.165) is 5.56 Å². The van der Waals surface area contributed by atoms with Crippen molar-refractivity contribution in [3.05, 3.63) is 60.2 Å². The van der Waals surface area contributed by atoms with Gasteiger partial charge in [-0.3, -0.25) is 9.59 Å². The van der Waals surface area contributed by atoms with Crippen molar-refractivity contribution >= 4 is 17.5 Å². The van der Waals surface area contributed by atoms with Crippen LogP contribution in [0.4, 0.5) is 5.69 Å². The zero-order chi connectivity index (χ0) is 17.0. The summed E-state index contributed by atoms with van der Waals surface area (Å²) in [6, 6.07) is 6.89. The zero-order valence-corrected chi connectivity index (χ0v) is 13.5. The lowest BCUT2D eigenvalue weighted by Gasteiger charge is -2.19. The molecule has 0 radical (unpaired) electrons. The van der Waals surface area contributed by atoms with Crippen molar-refractivity contribution in [2.75, 3.05) is 5.32 Å². The second-order valence-corrected chi connectivity index (χ2v) is 5.39. The first-order valence-electron chi connectivity index (χ1n) is 7.19. The number of nitrogens with zero attached hydrogens (tertiary/aromatic N) is 2. The molecule has 1 aromatic carbocycles. The quantitative estimate of drug-likeness (QED) is 0.831. The van der Waals surface area contributed by atoms with Crippen LogP contribution >= 0.6 is 0 Å². The maximum absolute atomic E-state index is 12.0. The van der Waals surface area contributed by atoms with Crippen LogP contribution in [0.15, 0.2) is 48.8 Å². The van der Waals surface area contributed by atoms with Gasteiger partial charge in [0.25, 0.3) is 0 Å². The normalized spacial score (nSPS) is 11.6. The number of hydrogen-bond acceptors (Lipinski definition) is 3. The fraction of sp³-hybridized carbons (Fsp3) is 0.235. The Hall–Kier alpha value is -2.89. The summed E-state index contributed by atoms with van der Waals surface area (Å²) in [5.41, 5.74) is 1.99. The standard InChI is InChI=1S/C17H20N4O2/c1-11(2)17(23)20-15(16-18-9-10-21(16)4)13-5-7-14(8-6-13)19-12(3)22/h5-10,15H,1H2,2-4H3,(H,19,22)(H,20,23). The molecule has 0 spiro atoms. The zero-order valence-electron chi connectivity index (χ0n) is 13.5. The average molecular weight is 312 g/mol. The highest BCUT2D eigenvalue weighted by atomic mass is 16.2. The minimum Gasteiger partial charge on any atom is -0.338 e. The Morgan fingerprint density at radius 1 is 1.22 bits per heavy atom. The number of aromatic nitrogens is 2. The molecule has 0 fully saturated rings. The monoisotopic (exact) mass is 312 g/mol. The summed E-state index contributed by atoms with van der Waals surface area (Å²) in [5, 5.41) is 5.64. The maximum Gasteiger partial charge on any atom is 0.247 e. The summed E-state index contributed by atoms with van der Waals surface area (Å²) in [6.45, 7) is 6.78. The highest BCUT2D eigenvalue weighted by molar-refractivity contribution is 5.92. The molecule has 1 atom stereocenters. The Bertz CT molecular complexity index is 731. The Kier molecular flexibility index (Phi) is 4.95. The molecule has 1 aromatic heterocycles. The van der Waals surface area contributed by atoms with Crippen LogP contribution < -0.4 is 10.6 Å². The van der Waals surface area contributed by atoms with Crippen LogP contribution in [0.3, 0.4) is 0 Å². The van der Waals surface area contributed by atoms with Crippen LogP contribution in [0.2, 0.25) is 0 Å². The molecule has 1 unspecified atom stereocenters. The Labute approximate surface area is 135 Å². The topological polar surface area (TPSA) is 76.0 Å². The van der Waals surface area contributed by atoms with E-state index in [0.29, 0.717) is 17.1 Å². The summed E-state index contributed by atoms with van der Waals surface area (Å²) in [6.07, 6.45) is 3.50. The number of hydrogen-bond donors (Lipinski definition) is 2. The molecule has 0 saturated heterocycles. The third kappa shape index (κ3) is 4.06. The summed E-state index contributed by atoms with van der Waals surface area (Å²) in [4.78, 5) is 27.5. The third-order valence-electron chi connectivity index (χ3n) is 3.34. The Morgan fingerprint density at radius 2 is 1.87 bits per heavy atom. The predicted octanol–water partition coefficient (Wildman–Crippen LogP) is 2.16. The number of imidazole rings is 1. The van der Waals surface area contributed by atoms with E-state index in [1.54, 1.807) is 25.3 Å². The number of carbonyl (C=O) groups is 2. The van der Waals surface area contributed by atoms with Gasteiger partial charge in [0.2, 0.25) is 11.8 Å². The number of carbonyl (C=O) groups excluding carboxylic acids is 2. The fourth-order valence-electron chi connectivity index (χ4n) is 2.17. The first kappa shape index (κ1) is 16.5. The lowest BCUT2D eigenvalue weighted by Crippen LogP contribution is -2.31. The lowest BCUT2D eigenvalue weighted by atomic mass is 10.0. The molecule has 0 bridgehead atoms. The number of amides is 2. The van der Waals surface area contributed by atoms with Crippen LogP contribution in [0.25, 0.3) is 0 Å². The van der Waals surface area contributed by atoms with Crippen LogP contribution in [0.1, 0.15) is 31.3 Å². The molecule has 2 amide bonds. The minimum absolute atomic E-state index is 0.131. The van der Waals surface area contributed by atoms with E-state index < -0.39 is 6.04 Å². The summed E-state index contributed by atoms with van der Waals surface area (Å²) < 4.78 is 1.85. The van der Waals surface area contributed by atoms with E-state index in [9.17, 15) is 9.59 Å². The molecule has 1 heterocycles. The second-order valence-electron chi connectivity index (χ2n) is 5.39. The van der Waals surface area contributed by atoms with Gasteiger partial charge >= 0.3 is 0 Å². The van der Waals surface area contributed by atoms with E-state index in [-0.39, 0.29) is 11.8 Å². The molecule has 0 saturated carbocycles. The average Bonchev–Trinajstić information content (AvgIpc) is 2.91. The molecule has 0 aliphatic rings. The van der Waals surface area contributed by atoms with Gasteiger partial charge in [-0.05, 0) is 24.6 Å². The van der Waals surface area contributed by atoms with Crippen LogP contribution in [0, 0.1) is 0 Å². The van der Waals surface area contributed by atoms with Crippen molar-refractivity contribution in [2.45, 2.75) is 19.9 Å². The van der Waals surface area contributed by atoms with E-state index >= 15 is 0 Å². The molecule has 6 heteroatoms. The van der Waals surface area contributed by atoms with Crippen molar-refractivity contribution in [3.63, 3.8) is 0 Å². The van der Waals surface area contributed by atoms with Crippen LogP contribution in [-0.2, 0) is 16.6 Å². The van der Waals surface area contributed by atoms with E-state index in [4.69, 9.17) is 0 Å². The van der Waals surface area contributed by atoms with Crippen molar-refractivity contribution in [1.82, 2.24) is 14.9 Å². The van der Waals surface area contributed by atoms with Crippen molar-refractivity contribution in [3.8, 4) is 0 Å². The van der Waals surface area contributed by atoms with Crippen molar-refractivity contribution in [1.29, 1.82) is 0 Å². The number of rotatable bonds is 5. The molecular weight excluding hydrogens is 292 g/mol. The van der Waals surface area contributed by atoms with Crippen LogP contribution in [0.5, 0.6) is 0 Å². The first-order valence-corrected chi connectivity index (χ1v) is 7.19. The second kappa shape index (κ2) is 6.91. The smallest absolute Gasteiger partial charge is 0.247 e. The Morgan fingerprint density at radius 3 is 2.35 bits per heavy atom. The lowest BCUT2D eigenvalue weighted by molar-refractivity contribution is -0.118. The molecule has 6 nitrogen and oxygen atoms in total. The number of nitrogens with one attached hydrogen (secondary N) is 2. The van der Waals surface area contributed by atoms with Gasteiger partial charge in [-0.15, -0.1) is 0 Å². The van der Waals surface area contributed by atoms with Crippen LogP contribution in [-0.4, -0.2) is 21.4 Å². The largest absolute Gasteiger partial charge is 0.338 e. The van der Waals surface area contributed by atoms with Gasteiger partial charge in [-0.25, -0.2) is 4.98 Å². The highest BCUT2D eigenvalue weighted by Crippen LogP contribution is 2.22. The minimum atomic E-state index is -0.398. The van der Waals surface area contributed by atoms with Gasteiger partial charge in [0.05, 0.1) is 0 Å². The van der Waals surface area contributed by atoms with Gasteiger partial charge in [0.1, 0.15) is 11.9 Å². The molecule has 2 rings (SSSR count). The molecule has 0 aliphatic carbocycles. The molecule has 120 valence electrons. The fourth-order valence-corrected chi connectivity index (χ4v) is 2.17. The number of benzene rings is 1. The van der Waals surface area contributed by atoms with Gasteiger partial charge in [0, 0.05) is 37.6 Å². The van der Waals surface area contributed by atoms with Gasteiger partial charge in [-0.1, -0.05) is 18.7 Å². The number of aryl methyl sites for hydroxylation is 1. The SMILES string of the molecule is C=C(C)C(=O)NC(c1ccc(NC(C)=O)cc1)c1nccn1C. The first-order chi connectivity index (χ1) is 10.9. The van der Waals surface area contributed by atoms with Gasteiger partial charge in [-0.2, -0.15) is 0 Å². The molecule has 2 N–H and O–H groups in total. The highest BCUT2D eigenvalue weighted by Gasteiger charge is 2.20. The van der Waals surface area contributed by atoms with E-state index in [2.05, 4.69) is 22.2 Å². The van der Waals surface area contributed by atoms with Gasteiger partial charge < -0.3 is 15.2 Å². The molecule has 2 aromatic rings. The predicted molar refractivity (Wildman–Crippen MR) is 88.8 cm³/mol. The van der Waals surface area contributed by atoms with Gasteiger partial charge in [0.15, 0.2) is 0 Å². The van der Waals surface area contributed by atoms with Crippen molar-refractivity contribution in [2.24, 2.45) is 7.05 Å². The van der Waals surface area contributed by atoms with Crippen molar-refractivity contribution < 1.29 is 9.59 Å². The molecular formula is C17H20N4O2. The summed E-state index contributed by atoms with van der Waals surface area (Å²) in [7, 11) is 1.87. The molecule has 0 aliphatic heterocycles. The van der Waals surface area contributed by atoms with E-state index in [1.165, 1.54) is 6.92 Å². The number of anilines is 1. The molecule has 23 heavy (non-hydrogen) atoms. The third-order valence-corrected chi connectivity index (χ3v) is 3.34. The Balaban J connectivity index is 2.33. The maximum atomic E-state index is 12.0. The summed E-state index contributed by atoms with van der Waals surface area (Å²) in [5.74, 6) is 0.352. The van der Waals surface area contributed by atoms with E-state index in [1.807, 2.05) is 29.9 Å². The summed E-state index contributed by atoms with van der Waals surface area (Å²) >= 11 is 0.